The van der Waals surface area contributed by atoms with E-state index in [4.69, 9.17) is 9.15 Å². The number of imide groups is 1. The lowest BCUT2D eigenvalue weighted by Gasteiger charge is -2.13. The van der Waals surface area contributed by atoms with E-state index in [1.165, 1.54) is 11.2 Å². The molecule has 2 amide bonds. The second-order valence-corrected chi connectivity index (χ2v) is 7.18. The van der Waals surface area contributed by atoms with Crippen LogP contribution in [0.15, 0.2) is 71.0 Å². The topological polar surface area (TPSA) is 71.8 Å². The first-order chi connectivity index (χ1) is 14.5. The summed E-state index contributed by atoms with van der Waals surface area (Å²) < 4.78 is 10.5. The summed E-state index contributed by atoms with van der Waals surface area (Å²) in [7, 11) is 1.59. The lowest BCUT2D eigenvalue weighted by atomic mass is 9.99. The lowest BCUT2D eigenvalue weighted by Crippen LogP contribution is -2.31. The Morgan fingerprint density at radius 2 is 1.73 bits per heavy atom. The fourth-order valence-electron chi connectivity index (χ4n) is 3.38. The summed E-state index contributed by atoms with van der Waals surface area (Å²) in [5.74, 6) is 0.509. The Kier molecular flexibility index (Phi) is 5.14. The van der Waals surface area contributed by atoms with Gasteiger partial charge in [-0.25, -0.2) is 0 Å². The second-order valence-electron chi connectivity index (χ2n) is 7.18. The third-order valence-electron chi connectivity index (χ3n) is 5.22. The molecule has 0 bridgehead atoms. The first kappa shape index (κ1) is 19.5. The van der Waals surface area contributed by atoms with Crippen molar-refractivity contribution >= 4 is 23.1 Å². The summed E-state index contributed by atoms with van der Waals surface area (Å²) in [6, 6.07) is 16.4. The smallest absolute Gasteiger partial charge is 0.278 e. The molecule has 4 rings (SSSR count). The molecule has 0 atom stereocenters. The third-order valence-corrected chi connectivity index (χ3v) is 5.22. The molecular formula is C24H22N2O4. The highest BCUT2D eigenvalue weighted by molar-refractivity contribution is 6.36. The number of carbonyl (C=O) groups is 2. The van der Waals surface area contributed by atoms with Crippen molar-refractivity contribution in [1.82, 2.24) is 4.90 Å². The molecule has 1 aliphatic heterocycles. The van der Waals surface area contributed by atoms with E-state index in [1.807, 2.05) is 32.0 Å². The van der Waals surface area contributed by atoms with Gasteiger partial charge < -0.3 is 14.5 Å². The highest BCUT2D eigenvalue weighted by Gasteiger charge is 2.39. The molecule has 1 aliphatic rings. The van der Waals surface area contributed by atoms with Crippen molar-refractivity contribution in [3.05, 3.63) is 89.0 Å². The number of anilines is 1. The molecule has 152 valence electrons. The molecule has 0 spiro atoms. The summed E-state index contributed by atoms with van der Waals surface area (Å²) in [6.45, 7) is 4.07. The van der Waals surface area contributed by atoms with Crippen LogP contribution in [0.2, 0.25) is 0 Å². The van der Waals surface area contributed by atoms with Gasteiger partial charge in [-0.05, 0) is 66.9 Å². The van der Waals surface area contributed by atoms with Gasteiger partial charge in [-0.3, -0.25) is 14.5 Å². The maximum atomic E-state index is 13.3. The van der Waals surface area contributed by atoms with Crippen molar-refractivity contribution in [3.63, 3.8) is 0 Å². The van der Waals surface area contributed by atoms with Crippen LogP contribution in [-0.4, -0.2) is 23.8 Å². The van der Waals surface area contributed by atoms with Crippen LogP contribution >= 0.6 is 0 Å². The maximum absolute atomic E-state index is 13.3. The summed E-state index contributed by atoms with van der Waals surface area (Å²) in [4.78, 5) is 27.7. The van der Waals surface area contributed by atoms with Gasteiger partial charge in [0, 0.05) is 5.69 Å². The highest BCUT2D eigenvalue weighted by Crippen LogP contribution is 2.32. The molecular weight excluding hydrogens is 380 g/mol. The number of carbonyl (C=O) groups excluding carboxylic acids is 2. The van der Waals surface area contributed by atoms with Crippen molar-refractivity contribution < 1.29 is 18.7 Å². The van der Waals surface area contributed by atoms with E-state index in [9.17, 15) is 9.59 Å². The normalized spacial score (nSPS) is 13.9. The van der Waals surface area contributed by atoms with Gasteiger partial charge in [-0.2, -0.15) is 0 Å². The van der Waals surface area contributed by atoms with Crippen molar-refractivity contribution in [1.29, 1.82) is 0 Å². The fraction of sp³-hybridized carbons (Fsp3) is 0.167. The molecule has 0 saturated carbocycles. The molecule has 1 aromatic heterocycles. The number of hydrogen-bond donors (Lipinski definition) is 1. The number of nitrogens with zero attached hydrogens (tertiary/aromatic N) is 1. The van der Waals surface area contributed by atoms with E-state index in [0.29, 0.717) is 28.3 Å². The number of benzene rings is 2. The van der Waals surface area contributed by atoms with Crippen LogP contribution in [0.1, 0.15) is 22.5 Å². The van der Waals surface area contributed by atoms with Crippen LogP contribution < -0.4 is 10.1 Å². The Morgan fingerprint density at radius 3 is 2.37 bits per heavy atom. The van der Waals surface area contributed by atoms with Gasteiger partial charge >= 0.3 is 0 Å². The first-order valence-corrected chi connectivity index (χ1v) is 9.59. The quantitative estimate of drug-likeness (QED) is 0.623. The van der Waals surface area contributed by atoms with Crippen LogP contribution in [0.5, 0.6) is 5.75 Å². The molecule has 30 heavy (non-hydrogen) atoms. The molecule has 3 aromatic rings. The first-order valence-electron chi connectivity index (χ1n) is 9.59. The molecule has 6 heteroatoms. The predicted octanol–water partition coefficient (Wildman–Crippen LogP) is 4.30. The minimum Gasteiger partial charge on any atom is -0.497 e. The van der Waals surface area contributed by atoms with Crippen LogP contribution in [-0.2, 0) is 16.1 Å². The van der Waals surface area contributed by atoms with Crippen molar-refractivity contribution in [3.8, 4) is 5.75 Å². The third kappa shape index (κ3) is 3.59. The molecule has 2 aromatic carbocycles. The average molecular weight is 402 g/mol. The number of furan rings is 1. The Labute approximate surface area is 174 Å². The van der Waals surface area contributed by atoms with Crippen LogP contribution in [0.4, 0.5) is 5.69 Å². The van der Waals surface area contributed by atoms with Gasteiger partial charge in [0.2, 0.25) is 0 Å². The summed E-state index contributed by atoms with van der Waals surface area (Å²) in [6.07, 6.45) is 1.52. The van der Waals surface area contributed by atoms with Gasteiger partial charge in [0.15, 0.2) is 0 Å². The van der Waals surface area contributed by atoms with Crippen molar-refractivity contribution in [2.75, 3.05) is 12.4 Å². The fourth-order valence-corrected chi connectivity index (χ4v) is 3.38. The number of ether oxygens (including phenoxy) is 1. The Balaban J connectivity index is 1.75. The maximum Gasteiger partial charge on any atom is 0.278 e. The summed E-state index contributed by atoms with van der Waals surface area (Å²) >= 11 is 0. The van der Waals surface area contributed by atoms with Gasteiger partial charge in [0.05, 0.1) is 25.5 Å². The van der Waals surface area contributed by atoms with Gasteiger partial charge in [-0.15, -0.1) is 0 Å². The predicted molar refractivity (Wildman–Crippen MR) is 114 cm³/mol. The number of amides is 2. The monoisotopic (exact) mass is 402 g/mol. The standard InChI is InChI=1S/C24H22N2O4/c1-15-6-7-17(13-16(15)2)21-22(25-18-8-10-19(29-3)11-9-18)24(28)26(23(21)27)14-20-5-4-12-30-20/h4-13,25H,14H2,1-3H3. The van der Waals surface area contributed by atoms with Crippen molar-refractivity contribution in [2.45, 2.75) is 20.4 Å². The summed E-state index contributed by atoms with van der Waals surface area (Å²) in [5.41, 5.74) is 4.16. The Hall–Kier alpha value is -3.80. The molecule has 0 saturated heterocycles. The van der Waals surface area contributed by atoms with Gasteiger partial charge in [0.25, 0.3) is 11.8 Å². The molecule has 0 aliphatic carbocycles. The van der Waals surface area contributed by atoms with Crippen LogP contribution in [0.3, 0.4) is 0 Å². The Bertz CT molecular complexity index is 1130. The largest absolute Gasteiger partial charge is 0.497 e. The molecule has 0 fully saturated rings. The number of nitrogens with one attached hydrogen (secondary N) is 1. The molecule has 6 nitrogen and oxygen atoms in total. The highest BCUT2D eigenvalue weighted by atomic mass is 16.5. The second kappa shape index (κ2) is 7.91. The zero-order valence-electron chi connectivity index (χ0n) is 17.1. The van der Waals surface area contributed by atoms with Gasteiger partial charge in [-0.1, -0.05) is 18.2 Å². The molecule has 2 heterocycles. The zero-order chi connectivity index (χ0) is 21.3. The molecule has 1 N–H and O–H groups in total. The number of methoxy groups -OCH3 is 1. The number of rotatable bonds is 6. The van der Waals surface area contributed by atoms with E-state index in [-0.39, 0.29) is 24.1 Å². The minimum atomic E-state index is -0.388. The van der Waals surface area contributed by atoms with E-state index in [2.05, 4.69) is 5.32 Å². The Morgan fingerprint density at radius 1 is 0.967 bits per heavy atom. The van der Waals surface area contributed by atoms with E-state index in [1.54, 1.807) is 43.5 Å². The van der Waals surface area contributed by atoms with E-state index >= 15 is 0 Å². The van der Waals surface area contributed by atoms with Crippen LogP contribution in [0.25, 0.3) is 5.57 Å². The summed E-state index contributed by atoms with van der Waals surface area (Å²) in [5, 5.41) is 3.15. The van der Waals surface area contributed by atoms with Gasteiger partial charge in [0.1, 0.15) is 17.2 Å². The lowest BCUT2D eigenvalue weighted by molar-refractivity contribution is -0.137. The minimum absolute atomic E-state index is 0.0762. The van der Waals surface area contributed by atoms with E-state index < -0.39 is 0 Å². The van der Waals surface area contributed by atoms with Crippen molar-refractivity contribution in [2.24, 2.45) is 0 Å². The molecule has 0 unspecified atom stereocenters. The SMILES string of the molecule is COc1ccc(NC2=C(c3ccc(C)c(C)c3)C(=O)N(Cc3ccco3)C2=O)cc1. The number of aryl methyl sites for hydroxylation is 2. The average Bonchev–Trinajstić information content (AvgIpc) is 3.34. The number of hydrogen-bond acceptors (Lipinski definition) is 5. The molecule has 0 radical (unpaired) electrons. The van der Waals surface area contributed by atoms with Crippen LogP contribution in [0, 0.1) is 13.8 Å². The zero-order valence-corrected chi connectivity index (χ0v) is 17.1. The van der Waals surface area contributed by atoms with E-state index in [0.717, 1.165) is 11.1 Å².